The lowest BCUT2D eigenvalue weighted by atomic mass is 10.2. The molecule has 1 heterocycles. The molecule has 2 rings (SSSR count). The molecule has 0 saturated heterocycles. The first kappa shape index (κ1) is 13.3. The van der Waals surface area contributed by atoms with Gasteiger partial charge in [-0.1, -0.05) is 6.07 Å². The highest BCUT2D eigenvalue weighted by Gasteiger charge is 2.14. The van der Waals surface area contributed by atoms with Crippen LogP contribution in [0.1, 0.15) is 16.8 Å². The number of hydrogen-bond donors (Lipinski definition) is 2. The van der Waals surface area contributed by atoms with Gasteiger partial charge in [-0.15, -0.1) is 0 Å². The minimum absolute atomic E-state index is 0.0766. The molecule has 1 aromatic heterocycles. The fraction of sp³-hybridized carbons (Fsp3) is 0.167. The molecule has 0 aliphatic rings. The van der Waals surface area contributed by atoms with Crippen molar-refractivity contribution in [2.24, 2.45) is 0 Å². The summed E-state index contributed by atoms with van der Waals surface area (Å²) in [5.41, 5.74) is 1.90. The summed E-state index contributed by atoms with van der Waals surface area (Å²) in [4.78, 5) is 0.0766. The summed E-state index contributed by atoms with van der Waals surface area (Å²) in [6.45, 7) is 1.97. The van der Waals surface area contributed by atoms with Gasteiger partial charge in [0.05, 0.1) is 22.7 Å². The molecule has 6 nitrogen and oxygen atoms in total. The van der Waals surface area contributed by atoms with Crippen molar-refractivity contribution in [3.63, 3.8) is 0 Å². The molecule has 0 fully saturated rings. The van der Waals surface area contributed by atoms with Crippen LogP contribution in [0, 0.1) is 18.3 Å². The summed E-state index contributed by atoms with van der Waals surface area (Å²) in [7, 11) is -3.63. The van der Waals surface area contributed by atoms with Crippen LogP contribution < -0.4 is 4.72 Å². The van der Waals surface area contributed by atoms with Crippen LogP contribution in [-0.4, -0.2) is 18.6 Å². The second-order valence-electron chi connectivity index (χ2n) is 3.98. The summed E-state index contributed by atoms with van der Waals surface area (Å²) >= 11 is 0. The molecular weight excluding hydrogens is 264 g/mol. The zero-order valence-corrected chi connectivity index (χ0v) is 11.0. The molecular formula is C12H12N4O2S. The van der Waals surface area contributed by atoms with Crippen LogP contribution >= 0.6 is 0 Å². The molecule has 0 bridgehead atoms. The number of sulfonamides is 1. The van der Waals surface area contributed by atoms with E-state index in [4.69, 9.17) is 5.26 Å². The van der Waals surface area contributed by atoms with Crippen LogP contribution in [0.15, 0.2) is 35.4 Å². The van der Waals surface area contributed by atoms with E-state index in [0.29, 0.717) is 5.56 Å². The van der Waals surface area contributed by atoms with Crippen molar-refractivity contribution in [2.45, 2.75) is 18.4 Å². The molecule has 0 spiro atoms. The van der Waals surface area contributed by atoms with Gasteiger partial charge in [-0.2, -0.15) is 10.4 Å². The van der Waals surface area contributed by atoms with Crippen LogP contribution in [0.4, 0.5) is 0 Å². The van der Waals surface area contributed by atoms with Gasteiger partial charge in [0.15, 0.2) is 0 Å². The Bertz CT molecular complexity index is 728. The van der Waals surface area contributed by atoms with Crippen LogP contribution in [0.2, 0.25) is 0 Å². The van der Waals surface area contributed by atoms with E-state index in [9.17, 15) is 8.42 Å². The molecule has 0 atom stereocenters. The third-order valence-electron chi connectivity index (χ3n) is 2.66. The van der Waals surface area contributed by atoms with E-state index in [-0.39, 0.29) is 11.4 Å². The molecule has 2 aromatic rings. The van der Waals surface area contributed by atoms with Crippen molar-refractivity contribution in [3.8, 4) is 6.07 Å². The fourth-order valence-electron chi connectivity index (χ4n) is 1.54. The summed E-state index contributed by atoms with van der Waals surface area (Å²) in [6.07, 6.45) is 1.57. The van der Waals surface area contributed by atoms with Crippen molar-refractivity contribution < 1.29 is 8.42 Å². The Hall–Kier alpha value is -2.17. The van der Waals surface area contributed by atoms with E-state index in [0.717, 1.165) is 11.3 Å². The predicted molar refractivity (Wildman–Crippen MR) is 68.5 cm³/mol. The molecule has 1 aromatic carbocycles. The van der Waals surface area contributed by atoms with Crippen molar-refractivity contribution >= 4 is 10.0 Å². The topological polar surface area (TPSA) is 98.6 Å². The van der Waals surface area contributed by atoms with Crippen molar-refractivity contribution in [3.05, 3.63) is 47.3 Å². The third kappa shape index (κ3) is 2.99. The average Bonchev–Trinajstić information content (AvgIpc) is 2.82. The van der Waals surface area contributed by atoms with Gasteiger partial charge in [0, 0.05) is 17.8 Å². The Labute approximate surface area is 111 Å². The van der Waals surface area contributed by atoms with Crippen molar-refractivity contribution in [1.82, 2.24) is 14.9 Å². The minimum Gasteiger partial charge on any atom is -0.283 e. The van der Waals surface area contributed by atoms with Gasteiger partial charge in [0.25, 0.3) is 0 Å². The van der Waals surface area contributed by atoms with Gasteiger partial charge < -0.3 is 0 Å². The third-order valence-corrected chi connectivity index (χ3v) is 4.06. The molecule has 7 heteroatoms. The summed E-state index contributed by atoms with van der Waals surface area (Å²) in [6, 6.07) is 7.79. The zero-order chi connectivity index (χ0) is 13.9. The SMILES string of the molecule is Cc1[nH]ncc1CNS(=O)(=O)c1cccc(C#N)c1. The Morgan fingerprint density at radius 1 is 1.47 bits per heavy atom. The van der Waals surface area contributed by atoms with Gasteiger partial charge in [-0.3, -0.25) is 5.10 Å². The second-order valence-corrected chi connectivity index (χ2v) is 5.75. The smallest absolute Gasteiger partial charge is 0.240 e. The Kier molecular flexibility index (Phi) is 3.64. The number of nitrogens with one attached hydrogen (secondary N) is 2. The molecule has 0 radical (unpaired) electrons. The maximum Gasteiger partial charge on any atom is 0.240 e. The van der Waals surface area contributed by atoms with E-state index in [1.807, 2.05) is 13.0 Å². The number of nitrogens with zero attached hydrogens (tertiary/aromatic N) is 2. The predicted octanol–water partition coefficient (Wildman–Crippen LogP) is 1.07. The van der Waals surface area contributed by atoms with Gasteiger partial charge in [0.1, 0.15) is 0 Å². The fourth-order valence-corrected chi connectivity index (χ4v) is 2.59. The number of aromatic nitrogens is 2. The molecule has 2 N–H and O–H groups in total. The normalized spacial score (nSPS) is 11.2. The molecule has 98 valence electrons. The number of H-pyrrole nitrogens is 1. The average molecular weight is 276 g/mol. The lowest BCUT2D eigenvalue weighted by Crippen LogP contribution is -2.23. The summed E-state index contributed by atoms with van der Waals surface area (Å²) < 4.78 is 26.6. The Balaban J connectivity index is 2.19. The lowest BCUT2D eigenvalue weighted by Gasteiger charge is -2.06. The highest BCUT2D eigenvalue weighted by molar-refractivity contribution is 7.89. The molecule has 19 heavy (non-hydrogen) atoms. The van der Waals surface area contributed by atoms with Gasteiger partial charge >= 0.3 is 0 Å². The van der Waals surface area contributed by atoms with Crippen LogP contribution in [0.3, 0.4) is 0 Å². The van der Waals surface area contributed by atoms with E-state index in [1.165, 1.54) is 18.2 Å². The van der Waals surface area contributed by atoms with E-state index in [1.54, 1.807) is 12.3 Å². The maximum absolute atomic E-state index is 12.1. The first-order valence-electron chi connectivity index (χ1n) is 5.51. The van der Waals surface area contributed by atoms with Gasteiger partial charge in [-0.05, 0) is 25.1 Å². The number of nitriles is 1. The number of benzene rings is 1. The molecule has 0 unspecified atom stereocenters. The first-order chi connectivity index (χ1) is 9.03. The first-order valence-corrected chi connectivity index (χ1v) is 7.00. The summed E-state index contributed by atoms with van der Waals surface area (Å²) in [5.74, 6) is 0. The quantitative estimate of drug-likeness (QED) is 0.872. The zero-order valence-electron chi connectivity index (χ0n) is 10.2. The maximum atomic E-state index is 12.1. The highest BCUT2D eigenvalue weighted by Crippen LogP contribution is 2.12. The van der Waals surface area contributed by atoms with Crippen molar-refractivity contribution in [1.29, 1.82) is 5.26 Å². The minimum atomic E-state index is -3.63. The van der Waals surface area contributed by atoms with Crippen LogP contribution in [-0.2, 0) is 16.6 Å². The standard InChI is InChI=1S/C12H12N4O2S/c1-9-11(7-14-16-9)8-15-19(17,18)12-4-2-3-10(5-12)6-13/h2-5,7,15H,8H2,1H3,(H,14,16). The van der Waals surface area contributed by atoms with E-state index in [2.05, 4.69) is 14.9 Å². The van der Waals surface area contributed by atoms with E-state index < -0.39 is 10.0 Å². The lowest BCUT2D eigenvalue weighted by molar-refractivity contribution is 0.581. The van der Waals surface area contributed by atoms with Gasteiger partial charge in [-0.25, -0.2) is 13.1 Å². The molecule has 0 amide bonds. The number of hydrogen-bond acceptors (Lipinski definition) is 4. The van der Waals surface area contributed by atoms with Crippen LogP contribution in [0.5, 0.6) is 0 Å². The Morgan fingerprint density at radius 2 is 2.26 bits per heavy atom. The number of aryl methyl sites for hydroxylation is 1. The second kappa shape index (κ2) is 5.22. The molecule has 0 aliphatic heterocycles. The summed E-state index contributed by atoms with van der Waals surface area (Å²) in [5, 5.41) is 15.3. The molecule has 0 saturated carbocycles. The largest absolute Gasteiger partial charge is 0.283 e. The number of rotatable bonds is 4. The van der Waals surface area contributed by atoms with Crippen LogP contribution in [0.25, 0.3) is 0 Å². The van der Waals surface area contributed by atoms with Crippen molar-refractivity contribution in [2.75, 3.05) is 0 Å². The monoisotopic (exact) mass is 276 g/mol. The molecule has 0 aliphatic carbocycles. The van der Waals surface area contributed by atoms with E-state index >= 15 is 0 Å². The van der Waals surface area contributed by atoms with Gasteiger partial charge in [0.2, 0.25) is 10.0 Å². The Morgan fingerprint density at radius 3 is 2.89 bits per heavy atom. The highest BCUT2D eigenvalue weighted by atomic mass is 32.2. The number of aromatic amines is 1.